The lowest BCUT2D eigenvalue weighted by molar-refractivity contribution is -0.120. The quantitative estimate of drug-likeness (QED) is 0.742. The highest BCUT2D eigenvalue weighted by Gasteiger charge is 2.47. The molecule has 1 aromatic heterocycles. The van der Waals surface area contributed by atoms with Crippen LogP contribution in [0.3, 0.4) is 0 Å². The zero-order valence-corrected chi connectivity index (χ0v) is 8.10. The number of carbonyl (C=O) groups is 1. The molecule has 1 aliphatic carbocycles. The summed E-state index contributed by atoms with van der Waals surface area (Å²) in [4.78, 5) is 17.3. The van der Waals surface area contributed by atoms with E-state index < -0.39 is 5.54 Å². The van der Waals surface area contributed by atoms with Crippen molar-refractivity contribution in [3.05, 3.63) is 24.5 Å². The number of carbonyl (C=O) groups excluding carboxylic acids is 1. The normalized spacial score (nSPS) is 17.6. The van der Waals surface area contributed by atoms with E-state index in [2.05, 4.69) is 4.98 Å². The molecular formula is C10H13N3O. The van der Waals surface area contributed by atoms with Crippen molar-refractivity contribution in [1.29, 1.82) is 0 Å². The first-order valence-electron chi connectivity index (χ1n) is 4.60. The Morgan fingerprint density at radius 3 is 2.86 bits per heavy atom. The van der Waals surface area contributed by atoms with E-state index in [-0.39, 0.29) is 5.91 Å². The third-order valence-electron chi connectivity index (χ3n) is 2.55. The van der Waals surface area contributed by atoms with E-state index in [1.165, 1.54) is 0 Å². The Hall–Kier alpha value is -1.42. The minimum absolute atomic E-state index is 0.0227. The number of aromatic nitrogens is 1. The number of amides is 1. The smallest absolute Gasteiger partial charge is 0.246 e. The summed E-state index contributed by atoms with van der Waals surface area (Å²) in [5.41, 5.74) is 6.00. The van der Waals surface area contributed by atoms with Crippen LogP contribution in [-0.2, 0) is 4.79 Å². The maximum absolute atomic E-state index is 11.8. The van der Waals surface area contributed by atoms with Gasteiger partial charge in [-0.3, -0.25) is 9.78 Å². The van der Waals surface area contributed by atoms with Gasteiger partial charge in [-0.25, -0.2) is 0 Å². The summed E-state index contributed by atoms with van der Waals surface area (Å²) in [5, 5.41) is 0. The number of rotatable bonds is 2. The summed E-state index contributed by atoms with van der Waals surface area (Å²) in [6.45, 7) is 0. The number of nitrogens with zero attached hydrogens (tertiary/aromatic N) is 2. The Labute approximate surface area is 82.7 Å². The van der Waals surface area contributed by atoms with Gasteiger partial charge >= 0.3 is 0 Å². The Bertz CT molecular complexity index is 346. The van der Waals surface area contributed by atoms with Gasteiger partial charge in [0.15, 0.2) is 0 Å². The lowest BCUT2D eigenvalue weighted by Crippen LogP contribution is -2.43. The van der Waals surface area contributed by atoms with Crippen molar-refractivity contribution >= 4 is 11.6 Å². The number of likely N-dealkylation sites (N-methyl/N-ethyl adjacent to an activating group) is 1. The predicted octanol–water partition coefficient (Wildman–Crippen LogP) is 0.536. The zero-order chi connectivity index (χ0) is 10.2. The summed E-state index contributed by atoms with van der Waals surface area (Å²) < 4.78 is 0. The molecule has 0 bridgehead atoms. The van der Waals surface area contributed by atoms with Crippen molar-refractivity contribution in [3.8, 4) is 0 Å². The topological polar surface area (TPSA) is 59.2 Å². The lowest BCUT2D eigenvalue weighted by atomic mass is 10.2. The van der Waals surface area contributed by atoms with Crippen LogP contribution in [0.1, 0.15) is 12.8 Å². The molecule has 0 radical (unpaired) electrons. The molecule has 74 valence electrons. The second kappa shape index (κ2) is 3.06. The maximum atomic E-state index is 11.8. The molecule has 0 aromatic carbocycles. The number of nitrogens with two attached hydrogens (primary N) is 1. The van der Waals surface area contributed by atoms with Gasteiger partial charge in [0.2, 0.25) is 5.91 Å². The monoisotopic (exact) mass is 191 g/mol. The highest BCUT2D eigenvalue weighted by molar-refractivity contribution is 6.01. The largest absolute Gasteiger partial charge is 0.317 e. The second-order valence-corrected chi connectivity index (χ2v) is 3.73. The van der Waals surface area contributed by atoms with Crippen LogP contribution in [0.15, 0.2) is 24.5 Å². The van der Waals surface area contributed by atoms with Gasteiger partial charge in [-0.1, -0.05) is 0 Å². The third kappa shape index (κ3) is 1.48. The first-order valence-corrected chi connectivity index (χ1v) is 4.60. The van der Waals surface area contributed by atoms with Crippen LogP contribution in [0.25, 0.3) is 0 Å². The van der Waals surface area contributed by atoms with Crippen molar-refractivity contribution < 1.29 is 4.79 Å². The van der Waals surface area contributed by atoms with Crippen molar-refractivity contribution in [2.75, 3.05) is 11.9 Å². The van der Waals surface area contributed by atoms with Crippen molar-refractivity contribution in [1.82, 2.24) is 4.98 Å². The van der Waals surface area contributed by atoms with Crippen LogP contribution in [0.4, 0.5) is 5.69 Å². The van der Waals surface area contributed by atoms with Crippen LogP contribution < -0.4 is 10.6 Å². The highest BCUT2D eigenvalue weighted by Crippen LogP contribution is 2.34. The first kappa shape index (κ1) is 9.15. The number of pyridine rings is 1. The maximum Gasteiger partial charge on any atom is 0.246 e. The minimum Gasteiger partial charge on any atom is -0.317 e. The van der Waals surface area contributed by atoms with Crippen LogP contribution >= 0.6 is 0 Å². The Kier molecular flexibility index (Phi) is 2.00. The van der Waals surface area contributed by atoms with Crippen molar-refractivity contribution in [2.24, 2.45) is 5.73 Å². The van der Waals surface area contributed by atoms with E-state index in [1.807, 2.05) is 6.07 Å². The number of hydrogen-bond acceptors (Lipinski definition) is 3. The van der Waals surface area contributed by atoms with E-state index >= 15 is 0 Å². The number of anilines is 1. The van der Waals surface area contributed by atoms with Gasteiger partial charge in [0, 0.05) is 13.2 Å². The summed E-state index contributed by atoms with van der Waals surface area (Å²) in [6.07, 6.45) is 4.91. The van der Waals surface area contributed by atoms with E-state index in [0.717, 1.165) is 18.5 Å². The van der Waals surface area contributed by atoms with Gasteiger partial charge in [-0.2, -0.15) is 0 Å². The molecule has 1 saturated carbocycles. The van der Waals surface area contributed by atoms with Crippen molar-refractivity contribution in [3.63, 3.8) is 0 Å². The molecule has 0 aliphatic heterocycles. The molecule has 1 fully saturated rings. The summed E-state index contributed by atoms with van der Waals surface area (Å²) in [7, 11) is 1.73. The molecule has 1 heterocycles. The average molecular weight is 191 g/mol. The molecule has 4 nitrogen and oxygen atoms in total. The number of hydrogen-bond donors (Lipinski definition) is 1. The van der Waals surface area contributed by atoms with Crippen LogP contribution in [0.2, 0.25) is 0 Å². The molecule has 2 N–H and O–H groups in total. The molecule has 2 rings (SSSR count). The first-order chi connectivity index (χ1) is 6.63. The molecule has 1 aromatic rings. The molecule has 14 heavy (non-hydrogen) atoms. The fourth-order valence-electron chi connectivity index (χ4n) is 1.35. The van der Waals surface area contributed by atoms with Gasteiger partial charge in [0.25, 0.3) is 0 Å². The SMILES string of the molecule is CN(C(=O)C1(N)CC1)c1cccnc1. The minimum atomic E-state index is -0.607. The molecule has 1 amide bonds. The van der Waals surface area contributed by atoms with Crippen molar-refractivity contribution in [2.45, 2.75) is 18.4 Å². The van der Waals surface area contributed by atoms with Gasteiger partial charge in [0.1, 0.15) is 0 Å². The molecule has 4 heteroatoms. The van der Waals surface area contributed by atoms with Crippen LogP contribution in [0.5, 0.6) is 0 Å². The van der Waals surface area contributed by atoms with E-state index in [0.29, 0.717) is 0 Å². The van der Waals surface area contributed by atoms with Crippen LogP contribution in [-0.4, -0.2) is 23.5 Å². The molecule has 0 unspecified atom stereocenters. The van der Waals surface area contributed by atoms with Crippen LogP contribution in [0, 0.1) is 0 Å². The lowest BCUT2D eigenvalue weighted by Gasteiger charge is -2.20. The standard InChI is InChI=1S/C10H13N3O/c1-13(8-3-2-6-12-7-8)9(14)10(11)4-5-10/h2-3,6-7H,4-5,11H2,1H3. The highest BCUT2D eigenvalue weighted by atomic mass is 16.2. The van der Waals surface area contributed by atoms with Gasteiger partial charge in [0.05, 0.1) is 17.4 Å². The van der Waals surface area contributed by atoms with Gasteiger partial charge in [-0.05, 0) is 25.0 Å². The molecule has 0 spiro atoms. The van der Waals surface area contributed by atoms with Gasteiger partial charge < -0.3 is 10.6 Å². The summed E-state index contributed by atoms with van der Waals surface area (Å²) in [6, 6.07) is 3.64. The van der Waals surface area contributed by atoms with Gasteiger partial charge in [-0.15, -0.1) is 0 Å². The second-order valence-electron chi connectivity index (χ2n) is 3.73. The Morgan fingerprint density at radius 2 is 2.36 bits per heavy atom. The fourth-order valence-corrected chi connectivity index (χ4v) is 1.35. The molecule has 0 atom stereocenters. The van der Waals surface area contributed by atoms with E-state index in [1.54, 1.807) is 30.4 Å². The van der Waals surface area contributed by atoms with E-state index in [9.17, 15) is 4.79 Å². The zero-order valence-electron chi connectivity index (χ0n) is 8.10. The molecular weight excluding hydrogens is 178 g/mol. The Balaban J connectivity index is 2.16. The molecule has 1 aliphatic rings. The summed E-state index contributed by atoms with van der Waals surface area (Å²) >= 11 is 0. The average Bonchev–Trinajstić information content (AvgIpc) is 2.97. The fraction of sp³-hybridized carbons (Fsp3) is 0.400. The summed E-state index contributed by atoms with van der Waals surface area (Å²) in [5.74, 6) is -0.0227. The van der Waals surface area contributed by atoms with E-state index in [4.69, 9.17) is 5.73 Å². The Morgan fingerprint density at radius 1 is 1.64 bits per heavy atom. The molecule has 0 saturated heterocycles. The third-order valence-corrected chi connectivity index (χ3v) is 2.55. The predicted molar refractivity (Wildman–Crippen MR) is 53.8 cm³/mol.